The molecular formula is C20H35N. The van der Waals surface area contributed by atoms with E-state index in [1.54, 1.807) is 5.56 Å². The van der Waals surface area contributed by atoms with Crippen LogP contribution >= 0.6 is 0 Å². The van der Waals surface area contributed by atoms with Gasteiger partial charge in [-0.1, -0.05) is 71.6 Å². The molecule has 0 radical (unpaired) electrons. The van der Waals surface area contributed by atoms with Crippen LogP contribution in [0.4, 0.5) is 0 Å². The van der Waals surface area contributed by atoms with Crippen LogP contribution in [0.2, 0.25) is 0 Å². The SMILES string of the molecule is CCCCCCC(NCCC)c1cc(CC)ccc1CC. The van der Waals surface area contributed by atoms with Gasteiger partial charge in [-0.3, -0.25) is 0 Å². The summed E-state index contributed by atoms with van der Waals surface area (Å²) in [5.41, 5.74) is 4.55. The first-order valence-electron chi connectivity index (χ1n) is 9.11. The summed E-state index contributed by atoms with van der Waals surface area (Å²) in [7, 11) is 0. The molecule has 0 aliphatic rings. The molecule has 0 fully saturated rings. The molecule has 1 unspecified atom stereocenters. The molecule has 0 saturated carbocycles. The van der Waals surface area contributed by atoms with Gasteiger partial charge in [0.15, 0.2) is 0 Å². The van der Waals surface area contributed by atoms with Crippen molar-refractivity contribution in [1.82, 2.24) is 5.32 Å². The van der Waals surface area contributed by atoms with Crippen molar-refractivity contribution < 1.29 is 0 Å². The van der Waals surface area contributed by atoms with E-state index in [1.165, 1.54) is 49.7 Å². The number of rotatable bonds is 11. The van der Waals surface area contributed by atoms with Crippen LogP contribution in [0.25, 0.3) is 0 Å². The molecule has 1 N–H and O–H groups in total. The van der Waals surface area contributed by atoms with E-state index < -0.39 is 0 Å². The molecule has 0 heterocycles. The van der Waals surface area contributed by atoms with Crippen LogP contribution in [0.3, 0.4) is 0 Å². The van der Waals surface area contributed by atoms with Crippen LogP contribution in [-0.2, 0) is 12.8 Å². The van der Waals surface area contributed by atoms with Crippen molar-refractivity contribution >= 4 is 0 Å². The van der Waals surface area contributed by atoms with Crippen LogP contribution < -0.4 is 5.32 Å². The number of hydrogen-bond acceptors (Lipinski definition) is 1. The third-order valence-electron chi connectivity index (χ3n) is 4.36. The second kappa shape index (κ2) is 10.8. The van der Waals surface area contributed by atoms with Gasteiger partial charge in [0.1, 0.15) is 0 Å². The van der Waals surface area contributed by atoms with E-state index in [-0.39, 0.29) is 0 Å². The second-order valence-corrected chi connectivity index (χ2v) is 6.10. The Bertz CT molecular complexity index is 383. The van der Waals surface area contributed by atoms with Gasteiger partial charge in [0, 0.05) is 6.04 Å². The van der Waals surface area contributed by atoms with Crippen molar-refractivity contribution in [1.29, 1.82) is 0 Å². The fourth-order valence-corrected chi connectivity index (χ4v) is 2.97. The Hall–Kier alpha value is -0.820. The Morgan fingerprint density at radius 3 is 2.33 bits per heavy atom. The van der Waals surface area contributed by atoms with Gasteiger partial charge in [-0.25, -0.2) is 0 Å². The third kappa shape index (κ3) is 6.22. The predicted octanol–water partition coefficient (Wildman–Crippen LogP) is 5.82. The van der Waals surface area contributed by atoms with E-state index in [9.17, 15) is 0 Å². The summed E-state index contributed by atoms with van der Waals surface area (Å²) < 4.78 is 0. The summed E-state index contributed by atoms with van der Waals surface area (Å²) in [5, 5.41) is 3.79. The zero-order valence-electron chi connectivity index (χ0n) is 14.7. The topological polar surface area (TPSA) is 12.0 Å². The fraction of sp³-hybridized carbons (Fsp3) is 0.700. The minimum absolute atomic E-state index is 0.545. The molecule has 0 aliphatic heterocycles. The van der Waals surface area contributed by atoms with E-state index in [4.69, 9.17) is 0 Å². The lowest BCUT2D eigenvalue weighted by Gasteiger charge is -2.22. The first-order chi connectivity index (χ1) is 10.3. The summed E-state index contributed by atoms with van der Waals surface area (Å²) in [6.07, 6.45) is 10.2. The lowest BCUT2D eigenvalue weighted by atomic mass is 9.92. The van der Waals surface area contributed by atoms with Crippen LogP contribution in [0.5, 0.6) is 0 Å². The quantitative estimate of drug-likeness (QED) is 0.506. The van der Waals surface area contributed by atoms with Crippen molar-refractivity contribution in [2.24, 2.45) is 0 Å². The van der Waals surface area contributed by atoms with E-state index in [2.05, 4.69) is 51.2 Å². The average Bonchev–Trinajstić information content (AvgIpc) is 2.53. The van der Waals surface area contributed by atoms with E-state index in [0.29, 0.717) is 6.04 Å². The Balaban J connectivity index is 2.83. The third-order valence-corrected chi connectivity index (χ3v) is 4.36. The summed E-state index contributed by atoms with van der Waals surface area (Å²) in [6.45, 7) is 10.2. The molecule has 1 rings (SSSR count). The molecule has 0 bridgehead atoms. The molecule has 120 valence electrons. The Morgan fingerprint density at radius 2 is 1.71 bits per heavy atom. The van der Waals surface area contributed by atoms with Crippen LogP contribution in [0, 0.1) is 0 Å². The lowest BCUT2D eigenvalue weighted by Crippen LogP contribution is -2.23. The average molecular weight is 290 g/mol. The van der Waals surface area contributed by atoms with Crippen molar-refractivity contribution in [3.63, 3.8) is 0 Å². The molecule has 1 aromatic rings. The minimum atomic E-state index is 0.545. The summed E-state index contributed by atoms with van der Waals surface area (Å²) in [6, 6.07) is 7.64. The minimum Gasteiger partial charge on any atom is -0.310 e. The van der Waals surface area contributed by atoms with Gasteiger partial charge in [0.2, 0.25) is 0 Å². The largest absolute Gasteiger partial charge is 0.310 e. The first-order valence-corrected chi connectivity index (χ1v) is 9.11. The molecular weight excluding hydrogens is 254 g/mol. The molecule has 0 spiro atoms. The second-order valence-electron chi connectivity index (χ2n) is 6.10. The maximum atomic E-state index is 3.79. The van der Waals surface area contributed by atoms with Crippen molar-refractivity contribution in [2.75, 3.05) is 6.54 Å². The van der Waals surface area contributed by atoms with Crippen molar-refractivity contribution in [3.8, 4) is 0 Å². The molecule has 0 aromatic heterocycles. The maximum Gasteiger partial charge on any atom is 0.0323 e. The molecule has 1 nitrogen and oxygen atoms in total. The van der Waals surface area contributed by atoms with Crippen LogP contribution in [0.15, 0.2) is 18.2 Å². The highest BCUT2D eigenvalue weighted by Crippen LogP contribution is 2.26. The number of benzene rings is 1. The number of nitrogens with one attached hydrogen (secondary N) is 1. The molecule has 21 heavy (non-hydrogen) atoms. The van der Waals surface area contributed by atoms with Gasteiger partial charge < -0.3 is 5.32 Å². The van der Waals surface area contributed by atoms with Gasteiger partial charge in [-0.2, -0.15) is 0 Å². The van der Waals surface area contributed by atoms with Gasteiger partial charge in [0.05, 0.1) is 0 Å². The normalized spacial score (nSPS) is 12.6. The number of unbranched alkanes of at least 4 members (excludes halogenated alkanes) is 3. The summed E-state index contributed by atoms with van der Waals surface area (Å²) in [5.74, 6) is 0. The monoisotopic (exact) mass is 289 g/mol. The molecule has 1 aromatic carbocycles. The molecule has 1 atom stereocenters. The molecule has 0 amide bonds. The molecule has 1 heteroatoms. The van der Waals surface area contributed by atoms with E-state index in [0.717, 1.165) is 19.4 Å². The van der Waals surface area contributed by atoms with Gasteiger partial charge in [0.25, 0.3) is 0 Å². The van der Waals surface area contributed by atoms with Crippen molar-refractivity contribution in [2.45, 2.75) is 85.1 Å². The highest BCUT2D eigenvalue weighted by atomic mass is 14.9. The Kier molecular flexibility index (Phi) is 9.41. The van der Waals surface area contributed by atoms with Crippen LogP contribution in [0.1, 0.15) is 89.0 Å². The Morgan fingerprint density at radius 1 is 0.905 bits per heavy atom. The number of aryl methyl sites for hydroxylation is 2. The van der Waals surface area contributed by atoms with Gasteiger partial charge >= 0.3 is 0 Å². The van der Waals surface area contributed by atoms with E-state index >= 15 is 0 Å². The molecule has 0 saturated heterocycles. The summed E-state index contributed by atoms with van der Waals surface area (Å²) >= 11 is 0. The van der Waals surface area contributed by atoms with Gasteiger partial charge in [-0.15, -0.1) is 0 Å². The highest BCUT2D eigenvalue weighted by molar-refractivity contribution is 5.34. The van der Waals surface area contributed by atoms with Crippen LogP contribution in [-0.4, -0.2) is 6.54 Å². The summed E-state index contributed by atoms with van der Waals surface area (Å²) in [4.78, 5) is 0. The standard InChI is InChI=1S/C20H35N/c1-5-9-10-11-12-20(21-15-6-2)19-16-17(7-3)13-14-18(19)8-4/h13-14,16,20-21H,5-12,15H2,1-4H3. The maximum absolute atomic E-state index is 3.79. The predicted molar refractivity (Wildman–Crippen MR) is 95.0 cm³/mol. The highest BCUT2D eigenvalue weighted by Gasteiger charge is 2.14. The zero-order valence-corrected chi connectivity index (χ0v) is 14.7. The first kappa shape index (κ1) is 18.2. The fourth-order valence-electron chi connectivity index (χ4n) is 2.97. The molecule has 0 aliphatic carbocycles. The number of hydrogen-bond donors (Lipinski definition) is 1. The lowest BCUT2D eigenvalue weighted by molar-refractivity contribution is 0.468. The van der Waals surface area contributed by atoms with Crippen molar-refractivity contribution in [3.05, 3.63) is 34.9 Å². The smallest absolute Gasteiger partial charge is 0.0323 e. The zero-order chi connectivity index (χ0) is 15.5. The van der Waals surface area contributed by atoms with E-state index in [1.807, 2.05) is 0 Å². The van der Waals surface area contributed by atoms with Gasteiger partial charge in [-0.05, 0) is 48.9 Å². The Labute approximate surface area is 132 Å².